The number of fused-ring (bicyclic) bond motifs is 1. The zero-order valence-corrected chi connectivity index (χ0v) is 16.1. The zero-order chi connectivity index (χ0) is 19.6. The first-order valence-corrected chi connectivity index (χ1v) is 10.3. The van der Waals surface area contributed by atoms with Crippen LogP contribution in [-0.4, -0.2) is 40.9 Å². The molecular weight excluding hydrogens is 370 g/mol. The number of carbonyl (C=O) groups excluding carboxylic acids is 1. The van der Waals surface area contributed by atoms with E-state index in [0.29, 0.717) is 36.0 Å². The molecule has 3 rings (SSSR count). The maximum atomic E-state index is 12.6. The number of nitrogens with one attached hydrogen (secondary N) is 1. The van der Waals surface area contributed by atoms with Crippen molar-refractivity contribution >= 4 is 15.7 Å². The molecule has 27 heavy (non-hydrogen) atoms. The van der Waals surface area contributed by atoms with Gasteiger partial charge >= 0.3 is 0 Å². The average molecular weight is 391 g/mol. The van der Waals surface area contributed by atoms with Gasteiger partial charge in [-0.05, 0) is 36.8 Å². The maximum absolute atomic E-state index is 12.6. The Morgan fingerprint density at radius 2 is 1.81 bits per heavy atom. The van der Waals surface area contributed by atoms with E-state index < -0.39 is 9.84 Å². The molecule has 0 aromatic heterocycles. The first-order chi connectivity index (χ1) is 12.8. The average Bonchev–Trinajstić information content (AvgIpc) is 2.66. The highest BCUT2D eigenvalue weighted by molar-refractivity contribution is 7.90. The Labute approximate surface area is 158 Å². The van der Waals surface area contributed by atoms with Crippen molar-refractivity contribution in [3.63, 3.8) is 0 Å². The minimum Gasteiger partial charge on any atom is -0.493 e. The first-order valence-electron chi connectivity index (χ1n) is 8.38. The summed E-state index contributed by atoms with van der Waals surface area (Å²) in [4.78, 5) is 12.9. The second kappa shape index (κ2) is 7.48. The number of amides is 1. The number of ether oxygens (including phenoxy) is 3. The van der Waals surface area contributed by atoms with Crippen LogP contribution in [0.1, 0.15) is 28.9 Å². The van der Waals surface area contributed by atoms with E-state index in [9.17, 15) is 13.2 Å². The van der Waals surface area contributed by atoms with E-state index in [2.05, 4.69) is 5.32 Å². The minimum atomic E-state index is -3.25. The summed E-state index contributed by atoms with van der Waals surface area (Å²) in [7, 11) is -1.75. The standard InChI is InChI=1S/C19H21NO6S/c1-12(13-4-6-15(7-5-13)27(3,22)23)20-19(21)14-10-16(24-2)18-17(11-14)25-8-9-26-18/h4-7,10-12H,8-9H2,1-3H3,(H,20,21)/t12-/m0/s1. The molecule has 2 aromatic rings. The van der Waals surface area contributed by atoms with Gasteiger partial charge in [-0.1, -0.05) is 12.1 Å². The van der Waals surface area contributed by atoms with Crippen LogP contribution in [0.15, 0.2) is 41.3 Å². The van der Waals surface area contributed by atoms with Gasteiger partial charge in [0.25, 0.3) is 5.91 Å². The van der Waals surface area contributed by atoms with E-state index in [1.54, 1.807) is 24.3 Å². The lowest BCUT2D eigenvalue weighted by molar-refractivity contribution is 0.0938. The Balaban J connectivity index is 1.78. The Morgan fingerprint density at radius 3 is 2.44 bits per heavy atom. The molecule has 0 aliphatic carbocycles. The summed E-state index contributed by atoms with van der Waals surface area (Å²) in [5.74, 6) is 1.09. The van der Waals surface area contributed by atoms with Gasteiger partial charge in [-0.3, -0.25) is 4.79 Å². The quantitative estimate of drug-likeness (QED) is 0.841. The monoisotopic (exact) mass is 391 g/mol. The lowest BCUT2D eigenvalue weighted by Crippen LogP contribution is -2.27. The molecule has 8 heteroatoms. The van der Waals surface area contributed by atoms with Crippen LogP contribution >= 0.6 is 0 Å². The molecule has 1 N–H and O–H groups in total. The molecule has 0 unspecified atom stereocenters. The van der Waals surface area contributed by atoms with Crippen LogP contribution in [0.5, 0.6) is 17.2 Å². The molecule has 1 amide bonds. The molecular formula is C19H21NO6S. The molecule has 1 aliphatic rings. The predicted octanol–water partition coefficient (Wildman–Crippen LogP) is 2.36. The molecule has 1 heterocycles. The van der Waals surface area contributed by atoms with Gasteiger partial charge in [-0.25, -0.2) is 8.42 Å². The first kappa shape index (κ1) is 19.0. The number of hydrogen-bond acceptors (Lipinski definition) is 6. The lowest BCUT2D eigenvalue weighted by atomic mass is 10.1. The fourth-order valence-corrected chi connectivity index (χ4v) is 3.40. The summed E-state index contributed by atoms with van der Waals surface area (Å²) in [6.07, 6.45) is 1.16. The van der Waals surface area contributed by atoms with Gasteiger partial charge in [0.2, 0.25) is 5.75 Å². The van der Waals surface area contributed by atoms with Crippen LogP contribution in [0.2, 0.25) is 0 Å². The normalized spacial score (nSPS) is 14.3. The van der Waals surface area contributed by atoms with Crippen molar-refractivity contribution < 1.29 is 27.4 Å². The molecule has 0 saturated heterocycles. The van der Waals surface area contributed by atoms with Crippen molar-refractivity contribution in [1.29, 1.82) is 0 Å². The lowest BCUT2D eigenvalue weighted by Gasteiger charge is -2.22. The van der Waals surface area contributed by atoms with E-state index in [1.807, 2.05) is 6.92 Å². The third kappa shape index (κ3) is 4.16. The number of methoxy groups -OCH3 is 1. The Morgan fingerprint density at radius 1 is 1.15 bits per heavy atom. The van der Waals surface area contributed by atoms with Crippen molar-refractivity contribution in [3.8, 4) is 17.2 Å². The molecule has 1 atom stereocenters. The summed E-state index contributed by atoms with van der Waals surface area (Å²) >= 11 is 0. The van der Waals surface area contributed by atoms with Gasteiger partial charge in [0.05, 0.1) is 18.0 Å². The molecule has 144 valence electrons. The number of sulfone groups is 1. The van der Waals surface area contributed by atoms with Crippen LogP contribution in [-0.2, 0) is 9.84 Å². The Bertz CT molecular complexity index is 936. The smallest absolute Gasteiger partial charge is 0.252 e. The molecule has 7 nitrogen and oxygen atoms in total. The second-order valence-corrected chi connectivity index (χ2v) is 8.25. The fourth-order valence-electron chi connectivity index (χ4n) is 2.77. The highest BCUT2D eigenvalue weighted by Gasteiger charge is 2.22. The van der Waals surface area contributed by atoms with Gasteiger partial charge < -0.3 is 19.5 Å². The van der Waals surface area contributed by atoms with E-state index in [1.165, 1.54) is 19.2 Å². The fraction of sp³-hybridized carbons (Fsp3) is 0.316. The number of carbonyl (C=O) groups is 1. The van der Waals surface area contributed by atoms with Gasteiger partial charge in [-0.2, -0.15) is 0 Å². The number of benzene rings is 2. The summed E-state index contributed by atoms with van der Waals surface area (Å²) in [6.45, 7) is 2.66. The summed E-state index contributed by atoms with van der Waals surface area (Å²) in [6, 6.07) is 9.33. The molecule has 0 fully saturated rings. The van der Waals surface area contributed by atoms with Crippen molar-refractivity contribution in [2.24, 2.45) is 0 Å². The summed E-state index contributed by atoms with van der Waals surface area (Å²) in [5.41, 5.74) is 1.18. The number of hydrogen-bond donors (Lipinski definition) is 1. The van der Waals surface area contributed by atoms with Crippen molar-refractivity contribution in [2.45, 2.75) is 17.9 Å². The van der Waals surface area contributed by atoms with E-state index in [4.69, 9.17) is 14.2 Å². The third-order valence-corrected chi connectivity index (χ3v) is 5.37. The summed E-state index contributed by atoms with van der Waals surface area (Å²) in [5, 5.41) is 2.89. The summed E-state index contributed by atoms with van der Waals surface area (Å²) < 4.78 is 39.5. The van der Waals surface area contributed by atoms with Crippen molar-refractivity contribution in [2.75, 3.05) is 26.6 Å². The molecule has 0 spiro atoms. The molecule has 2 aromatic carbocycles. The topological polar surface area (TPSA) is 90.9 Å². The second-order valence-electron chi connectivity index (χ2n) is 6.24. The van der Waals surface area contributed by atoms with Crippen LogP contribution < -0.4 is 19.5 Å². The van der Waals surface area contributed by atoms with Crippen molar-refractivity contribution in [1.82, 2.24) is 5.32 Å². The molecule has 0 bridgehead atoms. The minimum absolute atomic E-state index is 0.237. The van der Waals surface area contributed by atoms with Crippen LogP contribution in [0.4, 0.5) is 0 Å². The highest BCUT2D eigenvalue weighted by Crippen LogP contribution is 2.40. The van der Waals surface area contributed by atoms with E-state index in [-0.39, 0.29) is 16.8 Å². The van der Waals surface area contributed by atoms with Gasteiger partial charge in [0.1, 0.15) is 13.2 Å². The van der Waals surface area contributed by atoms with E-state index in [0.717, 1.165) is 11.8 Å². The molecule has 0 radical (unpaired) electrons. The van der Waals surface area contributed by atoms with Crippen molar-refractivity contribution in [3.05, 3.63) is 47.5 Å². The maximum Gasteiger partial charge on any atom is 0.252 e. The predicted molar refractivity (Wildman–Crippen MR) is 99.4 cm³/mol. The largest absolute Gasteiger partial charge is 0.493 e. The van der Waals surface area contributed by atoms with E-state index >= 15 is 0 Å². The Hall–Kier alpha value is -2.74. The van der Waals surface area contributed by atoms with Crippen LogP contribution in [0.3, 0.4) is 0 Å². The van der Waals surface area contributed by atoms with Crippen LogP contribution in [0, 0.1) is 0 Å². The zero-order valence-electron chi connectivity index (χ0n) is 15.3. The Kier molecular flexibility index (Phi) is 5.27. The SMILES string of the molecule is COc1cc(C(=O)N[C@@H](C)c2ccc(S(C)(=O)=O)cc2)cc2c1OCCO2. The van der Waals surface area contributed by atoms with Gasteiger partial charge in [-0.15, -0.1) is 0 Å². The highest BCUT2D eigenvalue weighted by atomic mass is 32.2. The molecule has 1 aliphatic heterocycles. The third-order valence-electron chi connectivity index (χ3n) is 4.25. The van der Waals surface area contributed by atoms with Gasteiger partial charge in [0, 0.05) is 11.8 Å². The van der Waals surface area contributed by atoms with Crippen LogP contribution in [0.25, 0.3) is 0 Å². The number of rotatable bonds is 5. The van der Waals surface area contributed by atoms with Gasteiger partial charge in [0.15, 0.2) is 21.3 Å². The molecule has 0 saturated carbocycles.